The Morgan fingerprint density at radius 3 is 2.55 bits per heavy atom. The fourth-order valence-corrected chi connectivity index (χ4v) is 1.55. The van der Waals surface area contributed by atoms with E-state index < -0.39 is 16.7 Å². The lowest BCUT2D eigenvalue weighted by Crippen LogP contribution is -2.47. The summed E-state index contributed by atoms with van der Waals surface area (Å²) in [7, 11) is 0. The Morgan fingerprint density at radius 2 is 2.00 bits per heavy atom. The van der Waals surface area contributed by atoms with Gasteiger partial charge in [-0.3, -0.25) is 30.6 Å². The van der Waals surface area contributed by atoms with Gasteiger partial charge in [-0.25, -0.2) is 0 Å². The maximum atomic E-state index is 11.7. The molecule has 0 bridgehead atoms. The highest BCUT2D eigenvalue weighted by molar-refractivity contribution is 7.80. The number of nitro groups is 1. The van der Waals surface area contributed by atoms with E-state index in [4.69, 9.17) is 23.8 Å². The van der Waals surface area contributed by atoms with Crippen molar-refractivity contribution in [2.45, 2.75) is 6.92 Å². The van der Waals surface area contributed by atoms with Gasteiger partial charge in [0.05, 0.1) is 4.92 Å². The van der Waals surface area contributed by atoms with Gasteiger partial charge in [-0.2, -0.15) is 0 Å². The molecule has 1 aromatic carbocycles. The molecule has 1 rings (SSSR count). The molecule has 10 heteroatoms. The molecule has 1 aromatic rings. The van der Waals surface area contributed by atoms with Crippen molar-refractivity contribution in [2.24, 2.45) is 0 Å². The maximum Gasteiger partial charge on any atom is 0.288 e. The number of amides is 2. The molecule has 2 amide bonds. The molecular formula is C10H9ClN4O4S. The molecule has 0 radical (unpaired) electrons. The monoisotopic (exact) mass is 316 g/mol. The molecule has 0 aliphatic rings. The number of nitrogens with one attached hydrogen (secondary N) is 3. The molecule has 0 aliphatic heterocycles. The number of rotatable bonds is 2. The number of nitrogens with zero attached hydrogens (tertiary/aromatic N) is 1. The number of thiocarbonyl (C=S) groups is 1. The van der Waals surface area contributed by atoms with Crippen LogP contribution in [0.15, 0.2) is 18.2 Å². The van der Waals surface area contributed by atoms with Crippen LogP contribution in [0.2, 0.25) is 5.02 Å². The van der Waals surface area contributed by atoms with E-state index in [2.05, 4.69) is 16.2 Å². The number of nitro benzene ring substituents is 1. The van der Waals surface area contributed by atoms with Gasteiger partial charge in [0.25, 0.3) is 11.6 Å². The minimum Gasteiger partial charge on any atom is -0.302 e. The van der Waals surface area contributed by atoms with Gasteiger partial charge in [0.15, 0.2) is 5.11 Å². The molecule has 106 valence electrons. The summed E-state index contributed by atoms with van der Waals surface area (Å²) in [6, 6.07) is 3.58. The number of carbonyl (C=O) groups excluding carboxylic acids is 2. The van der Waals surface area contributed by atoms with Crippen molar-refractivity contribution in [1.82, 2.24) is 16.2 Å². The SMILES string of the molecule is CC(=O)NC(=S)NNC(=O)c1ccc(Cl)c([N+](=O)[O-])c1. The topological polar surface area (TPSA) is 113 Å². The predicted molar refractivity (Wildman–Crippen MR) is 75.1 cm³/mol. The first kappa shape index (κ1) is 15.8. The Morgan fingerprint density at radius 1 is 1.35 bits per heavy atom. The second-order valence-corrected chi connectivity index (χ2v) is 4.33. The molecule has 20 heavy (non-hydrogen) atoms. The molecule has 0 aromatic heterocycles. The molecule has 0 atom stereocenters. The summed E-state index contributed by atoms with van der Waals surface area (Å²) < 4.78 is 0. The smallest absolute Gasteiger partial charge is 0.288 e. The van der Waals surface area contributed by atoms with Gasteiger partial charge < -0.3 is 5.32 Å². The normalized spacial score (nSPS) is 9.50. The van der Waals surface area contributed by atoms with Crippen LogP contribution in [0.25, 0.3) is 0 Å². The van der Waals surface area contributed by atoms with Crippen LogP contribution in [0.1, 0.15) is 17.3 Å². The van der Waals surface area contributed by atoms with Crippen molar-refractivity contribution < 1.29 is 14.5 Å². The van der Waals surface area contributed by atoms with Gasteiger partial charge in [-0.15, -0.1) is 0 Å². The van der Waals surface area contributed by atoms with Gasteiger partial charge in [-0.05, 0) is 24.4 Å². The van der Waals surface area contributed by atoms with Crippen LogP contribution in [0.5, 0.6) is 0 Å². The van der Waals surface area contributed by atoms with E-state index in [1.54, 1.807) is 0 Å². The first-order valence-corrected chi connectivity index (χ1v) is 5.91. The lowest BCUT2D eigenvalue weighted by atomic mass is 10.2. The molecule has 0 spiro atoms. The number of hydrogen-bond acceptors (Lipinski definition) is 5. The highest BCUT2D eigenvalue weighted by Crippen LogP contribution is 2.24. The molecule has 3 N–H and O–H groups in total. The molecule has 0 saturated carbocycles. The largest absolute Gasteiger partial charge is 0.302 e. The molecule has 0 fully saturated rings. The van der Waals surface area contributed by atoms with E-state index in [1.807, 2.05) is 0 Å². The number of hydrazine groups is 1. The zero-order valence-corrected chi connectivity index (χ0v) is 11.7. The average molecular weight is 317 g/mol. The Bertz CT molecular complexity index is 593. The number of halogens is 1. The standard InChI is InChI=1S/C10H9ClN4O4S/c1-5(16)12-10(20)14-13-9(17)6-2-3-7(11)8(4-6)15(18)19/h2-4H,1H3,(H,13,17)(H2,12,14,16,20). The van der Waals surface area contributed by atoms with Gasteiger partial charge in [0.2, 0.25) is 5.91 Å². The van der Waals surface area contributed by atoms with Crippen LogP contribution in [-0.2, 0) is 4.79 Å². The van der Waals surface area contributed by atoms with Crippen LogP contribution in [-0.4, -0.2) is 21.9 Å². The van der Waals surface area contributed by atoms with Gasteiger partial charge >= 0.3 is 0 Å². The number of carbonyl (C=O) groups is 2. The van der Waals surface area contributed by atoms with Crippen molar-refractivity contribution in [1.29, 1.82) is 0 Å². The third-order valence-electron chi connectivity index (χ3n) is 1.98. The highest BCUT2D eigenvalue weighted by Gasteiger charge is 2.16. The predicted octanol–water partition coefficient (Wildman–Crippen LogP) is 0.904. The summed E-state index contributed by atoms with van der Waals surface area (Å²) >= 11 is 10.3. The zero-order chi connectivity index (χ0) is 15.3. The Kier molecular flexibility index (Phi) is 5.35. The van der Waals surface area contributed by atoms with Crippen molar-refractivity contribution >= 4 is 46.4 Å². The van der Waals surface area contributed by atoms with Crippen LogP contribution < -0.4 is 16.2 Å². The van der Waals surface area contributed by atoms with E-state index in [0.29, 0.717) is 0 Å². The Labute approximate surface area is 123 Å². The fourth-order valence-electron chi connectivity index (χ4n) is 1.17. The van der Waals surface area contributed by atoms with Gasteiger partial charge in [0.1, 0.15) is 5.02 Å². The maximum absolute atomic E-state index is 11.7. The number of hydrogen-bond donors (Lipinski definition) is 3. The van der Waals surface area contributed by atoms with E-state index in [-0.39, 0.29) is 21.4 Å². The first-order valence-electron chi connectivity index (χ1n) is 5.13. The summed E-state index contributed by atoms with van der Waals surface area (Å²) in [5.41, 5.74) is 4.08. The van der Waals surface area contributed by atoms with Crippen LogP contribution in [0.4, 0.5) is 5.69 Å². The second-order valence-electron chi connectivity index (χ2n) is 3.51. The van der Waals surface area contributed by atoms with Crippen molar-refractivity contribution in [3.63, 3.8) is 0 Å². The van der Waals surface area contributed by atoms with Crippen molar-refractivity contribution in [3.8, 4) is 0 Å². The summed E-state index contributed by atoms with van der Waals surface area (Å²) in [6.07, 6.45) is 0. The highest BCUT2D eigenvalue weighted by atomic mass is 35.5. The van der Waals surface area contributed by atoms with E-state index in [1.165, 1.54) is 19.1 Å². The Balaban J connectivity index is 2.73. The van der Waals surface area contributed by atoms with Crippen LogP contribution in [0, 0.1) is 10.1 Å². The number of benzene rings is 1. The van der Waals surface area contributed by atoms with E-state index in [9.17, 15) is 19.7 Å². The third kappa shape index (κ3) is 4.44. The molecule has 0 unspecified atom stereocenters. The summed E-state index contributed by atoms with van der Waals surface area (Å²) in [6.45, 7) is 1.25. The van der Waals surface area contributed by atoms with Crippen molar-refractivity contribution in [2.75, 3.05) is 0 Å². The lowest BCUT2D eigenvalue weighted by Gasteiger charge is -2.09. The summed E-state index contributed by atoms with van der Waals surface area (Å²) in [4.78, 5) is 32.4. The molecule has 0 aliphatic carbocycles. The Hall–Kier alpha value is -2.26. The van der Waals surface area contributed by atoms with Gasteiger partial charge in [0, 0.05) is 18.6 Å². The zero-order valence-electron chi connectivity index (χ0n) is 10.1. The van der Waals surface area contributed by atoms with Crippen molar-refractivity contribution in [3.05, 3.63) is 38.9 Å². The minimum atomic E-state index is -0.700. The summed E-state index contributed by atoms with van der Waals surface area (Å²) in [5.74, 6) is -1.07. The molecular weight excluding hydrogens is 308 g/mol. The third-order valence-corrected chi connectivity index (χ3v) is 2.51. The fraction of sp³-hybridized carbons (Fsp3) is 0.100. The lowest BCUT2D eigenvalue weighted by molar-refractivity contribution is -0.384. The van der Waals surface area contributed by atoms with Crippen LogP contribution in [0.3, 0.4) is 0 Å². The molecule has 0 saturated heterocycles. The second kappa shape index (κ2) is 6.78. The average Bonchev–Trinajstić information content (AvgIpc) is 2.35. The summed E-state index contributed by atoms with van der Waals surface area (Å²) in [5, 5.41) is 12.7. The molecule has 8 nitrogen and oxygen atoms in total. The van der Waals surface area contributed by atoms with Crippen LogP contribution >= 0.6 is 23.8 Å². The van der Waals surface area contributed by atoms with E-state index in [0.717, 1.165) is 6.07 Å². The molecule has 0 heterocycles. The van der Waals surface area contributed by atoms with E-state index >= 15 is 0 Å². The van der Waals surface area contributed by atoms with Gasteiger partial charge in [-0.1, -0.05) is 11.6 Å². The quantitative estimate of drug-likeness (QED) is 0.424. The minimum absolute atomic E-state index is 0.0132. The first-order chi connectivity index (χ1) is 9.31.